The maximum absolute atomic E-state index is 11.7. The van der Waals surface area contributed by atoms with Gasteiger partial charge in [0.1, 0.15) is 24.1 Å². The fourth-order valence-electron chi connectivity index (χ4n) is 4.49. The van der Waals surface area contributed by atoms with Gasteiger partial charge in [-0.2, -0.15) is 0 Å². The minimum absolute atomic E-state index is 0.136. The van der Waals surface area contributed by atoms with Crippen LogP contribution in [0.4, 0.5) is 5.82 Å². The number of carbonyl (C=O) groups excluding carboxylic acids is 1. The van der Waals surface area contributed by atoms with Crippen LogP contribution in [0, 0.1) is 0 Å². The number of hydrogen-bond acceptors (Lipinski definition) is 8. The predicted octanol–water partition coefficient (Wildman–Crippen LogP) is 0.367. The van der Waals surface area contributed by atoms with Gasteiger partial charge in [-0.05, 0) is 25.7 Å². The second-order valence-electron chi connectivity index (χ2n) is 7.81. The molecule has 0 radical (unpaired) electrons. The van der Waals surface area contributed by atoms with Crippen LogP contribution in [0.15, 0.2) is 12.7 Å². The number of aliphatic hydroxyl groups excluding tert-OH is 2. The van der Waals surface area contributed by atoms with Crippen molar-refractivity contribution in [2.45, 2.75) is 75.5 Å². The predicted molar refractivity (Wildman–Crippen MR) is 105 cm³/mol. The molecule has 2 aliphatic rings. The average Bonchev–Trinajstić information content (AvgIpc) is 3.42. The van der Waals surface area contributed by atoms with Gasteiger partial charge >= 0.3 is 0 Å². The molecule has 158 valence electrons. The SMILES string of the molecule is CCC(=O)N[C@H]1C[C@@H](n2cnc3c(N[C@H]4CCC[C@@H]4OC)ncnc32)[C@H](O)[C@@H]1O. The van der Waals surface area contributed by atoms with E-state index in [9.17, 15) is 15.0 Å². The van der Waals surface area contributed by atoms with E-state index < -0.39 is 24.3 Å². The smallest absolute Gasteiger partial charge is 0.220 e. The monoisotopic (exact) mass is 404 g/mol. The van der Waals surface area contributed by atoms with Gasteiger partial charge in [0.05, 0.1) is 30.6 Å². The summed E-state index contributed by atoms with van der Waals surface area (Å²) in [5, 5.41) is 27.2. The van der Waals surface area contributed by atoms with Crippen molar-refractivity contribution in [2.24, 2.45) is 0 Å². The first-order chi connectivity index (χ1) is 14.0. The van der Waals surface area contributed by atoms with Crippen LogP contribution in [0.3, 0.4) is 0 Å². The minimum Gasteiger partial charge on any atom is -0.388 e. The van der Waals surface area contributed by atoms with E-state index >= 15 is 0 Å². The van der Waals surface area contributed by atoms with E-state index in [0.29, 0.717) is 29.8 Å². The second-order valence-corrected chi connectivity index (χ2v) is 7.81. The Kier molecular flexibility index (Phi) is 5.66. The number of aliphatic hydroxyl groups is 2. The lowest BCUT2D eigenvalue weighted by molar-refractivity contribution is -0.122. The van der Waals surface area contributed by atoms with Crippen LogP contribution in [0.25, 0.3) is 11.2 Å². The molecule has 6 atom stereocenters. The third kappa shape index (κ3) is 3.67. The molecule has 2 fully saturated rings. The number of ether oxygens (including phenoxy) is 1. The molecule has 1 amide bonds. The van der Waals surface area contributed by atoms with Crippen molar-refractivity contribution in [3.63, 3.8) is 0 Å². The molecule has 10 nitrogen and oxygen atoms in total. The lowest BCUT2D eigenvalue weighted by Gasteiger charge is -2.20. The molecule has 0 spiro atoms. The third-order valence-electron chi connectivity index (χ3n) is 6.11. The Labute approximate surface area is 168 Å². The zero-order valence-corrected chi connectivity index (χ0v) is 16.7. The standard InChI is InChI=1S/C19H28N6O4/c1-3-14(26)23-11-7-12(17(28)16(11)27)25-9-22-15-18(20-8-21-19(15)25)24-10-5-4-6-13(10)29-2/h8-13,16-17,27-28H,3-7H2,1-2H3,(H,23,26)(H,20,21,24)/t10-,11-,12+,13-,16+,17-/m0/s1. The number of carbonyl (C=O) groups is 1. The summed E-state index contributed by atoms with van der Waals surface area (Å²) in [6.07, 6.45) is 4.94. The minimum atomic E-state index is -1.05. The Morgan fingerprint density at radius 2 is 2.07 bits per heavy atom. The zero-order valence-electron chi connectivity index (χ0n) is 16.7. The van der Waals surface area contributed by atoms with Crippen molar-refractivity contribution in [1.82, 2.24) is 24.8 Å². The van der Waals surface area contributed by atoms with E-state index in [4.69, 9.17) is 4.74 Å². The van der Waals surface area contributed by atoms with E-state index in [0.717, 1.165) is 19.3 Å². The largest absolute Gasteiger partial charge is 0.388 e. The van der Waals surface area contributed by atoms with E-state index in [2.05, 4.69) is 25.6 Å². The van der Waals surface area contributed by atoms with Crippen molar-refractivity contribution in [1.29, 1.82) is 0 Å². The number of methoxy groups -OCH3 is 1. The highest BCUT2D eigenvalue weighted by Crippen LogP contribution is 2.34. The summed E-state index contributed by atoms with van der Waals surface area (Å²) in [5.74, 6) is 0.474. The molecule has 2 aromatic rings. The van der Waals surface area contributed by atoms with Crippen LogP contribution in [-0.4, -0.2) is 73.1 Å². The average molecular weight is 404 g/mol. The Morgan fingerprint density at radius 3 is 2.83 bits per heavy atom. The molecule has 2 aliphatic carbocycles. The zero-order chi connectivity index (χ0) is 20.5. The van der Waals surface area contributed by atoms with Gasteiger partial charge in [0.15, 0.2) is 11.5 Å². The topological polar surface area (TPSA) is 134 Å². The molecule has 10 heteroatoms. The summed E-state index contributed by atoms with van der Waals surface area (Å²) in [4.78, 5) is 24.9. The van der Waals surface area contributed by atoms with Crippen molar-refractivity contribution >= 4 is 22.9 Å². The van der Waals surface area contributed by atoms with Gasteiger partial charge < -0.3 is 30.2 Å². The van der Waals surface area contributed by atoms with Gasteiger partial charge in [0, 0.05) is 13.5 Å². The highest BCUT2D eigenvalue weighted by atomic mass is 16.5. The van der Waals surface area contributed by atoms with E-state index in [1.807, 2.05) is 0 Å². The van der Waals surface area contributed by atoms with Gasteiger partial charge in [-0.25, -0.2) is 15.0 Å². The molecule has 0 bridgehead atoms. The number of nitrogens with zero attached hydrogens (tertiary/aromatic N) is 4. The maximum atomic E-state index is 11.7. The summed E-state index contributed by atoms with van der Waals surface area (Å²) < 4.78 is 7.31. The Hall–Kier alpha value is -2.30. The summed E-state index contributed by atoms with van der Waals surface area (Å²) >= 11 is 0. The number of aromatic nitrogens is 4. The van der Waals surface area contributed by atoms with Crippen molar-refractivity contribution in [3.05, 3.63) is 12.7 Å². The molecule has 4 rings (SSSR count). The Morgan fingerprint density at radius 1 is 1.24 bits per heavy atom. The number of hydrogen-bond donors (Lipinski definition) is 4. The van der Waals surface area contributed by atoms with Gasteiger partial charge in [-0.15, -0.1) is 0 Å². The molecule has 0 aliphatic heterocycles. The first-order valence-electron chi connectivity index (χ1n) is 10.2. The lowest BCUT2D eigenvalue weighted by atomic mass is 10.2. The summed E-state index contributed by atoms with van der Waals surface area (Å²) in [6.45, 7) is 1.75. The summed E-state index contributed by atoms with van der Waals surface area (Å²) in [5.41, 5.74) is 1.19. The fourth-order valence-corrected chi connectivity index (χ4v) is 4.49. The summed E-state index contributed by atoms with van der Waals surface area (Å²) in [6, 6.07) is -0.797. The van der Waals surface area contributed by atoms with Crippen LogP contribution >= 0.6 is 0 Å². The quantitative estimate of drug-likeness (QED) is 0.542. The second kappa shape index (κ2) is 8.21. The van der Waals surface area contributed by atoms with Crippen LogP contribution < -0.4 is 10.6 Å². The first-order valence-corrected chi connectivity index (χ1v) is 10.2. The number of fused-ring (bicyclic) bond motifs is 1. The number of rotatable bonds is 6. The molecule has 0 aromatic carbocycles. The first kappa shape index (κ1) is 20.0. The molecule has 4 N–H and O–H groups in total. The normalized spacial score (nSPS) is 32.0. The molecule has 0 unspecified atom stereocenters. The highest BCUT2D eigenvalue weighted by molar-refractivity contribution is 5.83. The van der Waals surface area contributed by atoms with E-state index in [-0.39, 0.29) is 18.1 Å². The van der Waals surface area contributed by atoms with Crippen LogP contribution in [0.2, 0.25) is 0 Å². The van der Waals surface area contributed by atoms with Crippen molar-refractivity contribution in [3.8, 4) is 0 Å². The van der Waals surface area contributed by atoms with Crippen molar-refractivity contribution < 1.29 is 19.7 Å². The molecule has 29 heavy (non-hydrogen) atoms. The van der Waals surface area contributed by atoms with Gasteiger partial charge in [0.2, 0.25) is 5.91 Å². The molecule has 0 saturated heterocycles. The number of anilines is 1. The fraction of sp³-hybridized carbons (Fsp3) is 0.684. The Balaban J connectivity index is 1.58. The van der Waals surface area contributed by atoms with E-state index in [1.165, 1.54) is 6.33 Å². The van der Waals surface area contributed by atoms with Crippen LogP contribution in [-0.2, 0) is 9.53 Å². The van der Waals surface area contributed by atoms with Crippen molar-refractivity contribution in [2.75, 3.05) is 12.4 Å². The summed E-state index contributed by atoms with van der Waals surface area (Å²) in [7, 11) is 1.72. The van der Waals surface area contributed by atoms with Gasteiger partial charge in [-0.3, -0.25) is 4.79 Å². The van der Waals surface area contributed by atoms with Crippen LogP contribution in [0.1, 0.15) is 45.1 Å². The maximum Gasteiger partial charge on any atom is 0.220 e. The van der Waals surface area contributed by atoms with E-state index in [1.54, 1.807) is 24.9 Å². The molecule has 2 heterocycles. The lowest BCUT2D eigenvalue weighted by Crippen LogP contribution is -2.42. The van der Waals surface area contributed by atoms with Gasteiger partial charge in [0.25, 0.3) is 0 Å². The third-order valence-corrected chi connectivity index (χ3v) is 6.11. The Bertz CT molecular complexity index is 874. The molecular weight excluding hydrogens is 376 g/mol. The highest BCUT2D eigenvalue weighted by Gasteiger charge is 2.43. The molecule has 2 aromatic heterocycles. The van der Waals surface area contributed by atoms with Crippen LogP contribution in [0.5, 0.6) is 0 Å². The van der Waals surface area contributed by atoms with Gasteiger partial charge in [-0.1, -0.05) is 6.92 Å². The number of nitrogens with one attached hydrogen (secondary N) is 2. The molecule has 2 saturated carbocycles. The number of amides is 1. The molecular formula is C19H28N6O4. The number of imidazole rings is 1.